The second-order valence-corrected chi connectivity index (χ2v) is 9.39. The highest BCUT2D eigenvalue weighted by Crippen LogP contribution is 2.30. The molecule has 1 saturated heterocycles. The summed E-state index contributed by atoms with van der Waals surface area (Å²) < 4.78 is 70.0. The number of halogens is 2. The molecule has 1 aliphatic heterocycles. The van der Waals surface area contributed by atoms with Crippen LogP contribution in [0.2, 0.25) is 0 Å². The second-order valence-electron chi connectivity index (χ2n) is 9.39. The molecule has 0 radical (unpaired) electrons. The lowest BCUT2D eigenvalue weighted by atomic mass is 10.1. The second kappa shape index (κ2) is 10.5. The molecule has 4 aromatic rings. The first-order chi connectivity index (χ1) is 19.7. The number of hydrogen-bond donors (Lipinski definition) is 1. The minimum absolute atomic E-state index is 0.0307. The fourth-order valence-electron chi connectivity index (χ4n) is 4.67. The van der Waals surface area contributed by atoms with Crippen LogP contribution < -0.4 is 5.32 Å². The van der Waals surface area contributed by atoms with Gasteiger partial charge in [-0.1, -0.05) is 12.9 Å². The topological polar surface area (TPSA) is 75.0 Å². The Bertz CT molecular complexity index is 1580. The molecule has 4 heterocycles. The summed E-state index contributed by atoms with van der Waals surface area (Å²) in [6, 6.07) is 6.53. The number of hydrogen-bond acceptors (Lipinski definition) is 7. The number of nitrogens with zero attached hydrogens (tertiary/aromatic N) is 7. The van der Waals surface area contributed by atoms with Crippen molar-refractivity contribution in [3.05, 3.63) is 59.7 Å². The maximum atomic E-state index is 15.0. The van der Waals surface area contributed by atoms with Crippen molar-refractivity contribution in [2.75, 3.05) is 38.0 Å². The van der Waals surface area contributed by atoms with Crippen molar-refractivity contribution in [1.29, 1.82) is 0 Å². The summed E-state index contributed by atoms with van der Waals surface area (Å²) in [7, 11) is 0. The molecule has 0 bridgehead atoms. The van der Waals surface area contributed by atoms with E-state index < -0.39 is 25.0 Å². The number of pyridine rings is 1. The van der Waals surface area contributed by atoms with Crippen LogP contribution in [-0.4, -0.2) is 67.0 Å². The molecule has 0 spiro atoms. The summed E-state index contributed by atoms with van der Waals surface area (Å²) in [6.45, 7) is 2.87. The van der Waals surface area contributed by atoms with E-state index in [1.54, 1.807) is 25.3 Å². The van der Waals surface area contributed by atoms with E-state index in [9.17, 15) is 8.78 Å². The van der Waals surface area contributed by atoms with Gasteiger partial charge in [-0.25, -0.2) is 28.7 Å². The summed E-state index contributed by atoms with van der Waals surface area (Å²) in [4.78, 5) is 20.5. The maximum absolute atomic E-state index is 15.0. The number of anilines is 2. The number of aromatic nitrogens is 5. The quantitative estimate of drug-likeness (QED) is 0.377. The SMILES string of the molecule is [2H]C([2H])([2H])C([2H])([2H])N1CCN(Cc2ccc(Nc3ncc(F)c(-c4cc(F)c5nc(C)n(C(C)C)c5c4)n3)nc2)CC1. The van der Waals surface area contributed by atoms with Crippen LogP contribution in [0.5, 0.6) is 0 Å². The van der Waals surface area contributed by atoms with E-state index in [1.165, 1.54) is 11.0 Å². The minimum atomic E-state index is -2.71. The number of likely N-dealkylation sites (N-methyl/N-ethyl adjacent to an activating group) is 1. The van der Waals surface area contributed by atoms with Gasteiger partial charge in [0, 0.05) is 57.4 Å². The van der Waals surface area contributed by atoms with Gasteiger partial charge in [-0.2, -0.15) is 0 Å². The predicted molar refractivity (Wildman–Crippen MR) is 141 cm³/mol. The molecule has 10 heteroatoms. The van der Waals surface area contributed by atoms with Gasteiger partial charge in [0.1, 0.15) is 22.9 Å². The Balaban J connectivity index is 1.27. The van der Waals surface area contributed by atoms with Crippen molar-refractivity contribution in [1.82, 2.24) is 34.3 Å². The van der Waals surface area contributed by atoms with Crippen molar-refractivity contribution in [2.45, 2.75) is 40.2 Å². The molecule has 3 aromatic heterocycles. The largest absolute Gasteiger partial charge is 0.326 e. The molecule has 0 aliphatic carbocycles. The predicted octanol–water partition coefficient (Wildman–Crippen LogP) is 4.94. The molecular formula is C27H32F2N8. The van der Waals surface area contributed by atoms with Crippen molar-refractivity contribution in [3.8, 4) is 11.3 Å². The Labute approximate surface area is 222 Å². The molecule has 1 fully saturated rings. The highest BCUT2D eigenvalue weighted by atomic mass is 19.1. The van der Waals surface area contributed by atoms with Crippen LogP contribution >= 0.6 is 0 Å². The molecule has 0 saturated carbocycles. The van der Waals surface area contributed by atoms with Gasteiger partial charge < -0.3 is 14.8 Å². The Morgan fingerprint density at radius 2 is 1.81 bits per heavy atom. The summed E-state index contributed by atoms with van der Waals surface area (Å²) in [5.74, 6) is -0.0637. The van der Waals surface area contributed by atoms with Gasteiger partial charge in [0.2, 0.25) is 5.95 Å². The highest BCUT2D eigenvalue weighted by molar-refractivity contribution is 5.83. The average molecular weight is 512 g/mol. The summed E-state index contributed by atoms with van der Waals surface area (Å²) in [6.07, 6.45) is 2.71. The fourth-order valence-corrected chi connectivity index (χ4v) is 4.67. The minimum Gasteiger partial charge on any atom is -0.326 e. The molecule has 0 atom stereocenters. The number of aryl methyl sites for hydroxylation is 1. The molecule has 5 rings (SSSR count). The number of imidazole rings is 1. The van der Waals surface area contributed by atoms with Gasteiger partial charge in [0.25, 0.3) is 0 Å². The van der Waals surface area contributed by atoms with Gasteiger partial charge in [0.15, 0.2) is 11.6 Å². The maximum Gasteiger partial charge on any atom is 0.229 e. The lowest BCUT2D eigenvalue weighted by Gasteiger charge is -2.33. The summed E-state index contributed by atoms with van der Waals surface area (Å²) >= 11 is 0. The Morgan fingerprint density at radius 3 is 2.51 bits per heavy atom. The fraction of sp³-hybridized carbons (Fsp3) is 0.407. The zero-order chi connectivity index (χ0) is 30.4. The van der Waals surface area contributed by atoms with Crippen molar-refractivity contribution >= 4 is 22.8 Å². The summed E-state index contributed by atoms with van der Waals surface area (Å²) in [5, 5.41) is 2.97. The molecule has 1 aromatic carbocycles. The van der Waals surface area contributed by atoms with Crippen LogP contribution in [0.3, 0.4) is 0 Å². The number of nitrogens with one attached hydrogen (secondary N) is 1. The molecule has 0 amide bonds. The van der Waals surface area contributed by atoms with E-state index in [2.05, 4.69) is 30.2 Å². The van der Waals surface area contributed by atoms with E-state index in [4.69, 9.17) is 6.85 Å². The van der Waals surface area contributed by atoms with Gasteiger partial charge in [0.05, 0.1) is 11.7 Å². The van der Waals surface area contributed by atoms with Gasteiger partial charge >= 0.3 is 0 Å². The number of piperazine rings is 1. The molecule has 8 nitrogen and oxygen atoms in total. The number of benzene rings is 1. The average Bonchev–Trinajstić information content (AvgIpc) is 3.27. The molecule has 37 heavy (non-hydrogen) atoms. The van der Waals surface area contributed by atoms with Crippen LogP contribution in [0.25, 0.3) is 22.3 Å². The van der Waals surface area contributed by atoms with E-state index in [0.717, 1.165) is 11.8 Å². The standard InChI is InChI=1S/C27H32F2N8/c1-5-35-8-10-36(11-9-35)16-19-6-7-24(30-14-19)33-27-31-15-22(29)25(34-27)20-12-21(28)26-23(13-20)37(17(2)3)18(4)32-26/h6-7,12-15,17H,5,8-11,16H2,1-4H3,(H,30,31,33,34)/i1D3,5D2. The number of rotatable bonds is 7. The molecule has 0 unspecified atom stereocenters. The van der Waals surface area contributed by atoms with E-state index in [1.807, 2.05) is 24.5 Å². The lowest BCUT2D eigenvalue weighted by molar-refractivity contribution is 0.132. The van der Waals surface area contributed by atoms with Crippen LogP contribution in [-0.2, 0) is 6.54 Å². The third-order valence-electron chi connectivity index (χ3n) is 6.46. The zero-order valence-corrected chi connectivity index (χ0v) is 21.0. The number of fused-ring (bicyclic) bond motifs is 1. The Hall–Kier alpha value is -3.50. The van der Waals surface area contributed by atoms with Gasteiger partial charge in [-0.05, 0) is 51.0 Å². The Kier molecular flexibility index (Phi) is 5.54. The molecule has 194 valence electrons. The van der Waals surface area contributed by atoms with E-state index in [0.29, 0.717) is 49.9 Å². The normalized spacial score (nSPS) is 17.8. The van der Waals surface area contributed by atoms with Gasteiger partial charge in [-0.15, -0.1) is 0 Å². The van der Waals surface area contributed by atoms with E-state index in [-0.39, 0.29) is 28.8 Å². The third kappa shape index (κ3) is 5.30. The highest BCUT2D eigenvalue weighted by Gasteiger charge is 2.19. The van der Waals surface area contributed by atoms with Crippen LogP contribution in [0.15, 0.2) is 36.7 Å². The molecular weight excluding hydrogens is 474 g/mol. The zero-order valence-electron chi connectivity index (χ0n) is 26.0. The van der Waals surface area contributed by atoms with Crippen molar-refractivity contribution in [3.63, 3.8) is 0 Å². The van der Waals surface area contributed by atoms with Crippen molar-refractivity contribution in [2.24, 2.45) is 0 Å². The molecule has 1 aliphatic rings. The monoisotopic (exact) mass is 511 g/mol. The first-order valence-electron chi connectivity index (χ1n) is 14.6. The molecule has 1 N–H and O–H groups in total. The van der Waals surface area contributed by atoms with Crippen molar-refractivity contribution < 1.29 is 15.6 Å². The summed E-state index contributed by atoms with van der Waals surface area (Å²) in [5.41, 5.74) is 1.90. The lowest BCUT2D eigenvalue weighted by Crippen LogP contribution is -2.45. The van der Waals surface area contributed by atoms with Gasteiger partial charge in [-0.3, -0.25) is 4.90 Å². The van der Waals surface area contributed by atoms with Crippen LogP contribution in [0.4, 0.5) is 20.5 Å². The third-order valence-corrected chi connectivity index (χ3v) is 6.46. The first kappa shape index (κ1) is 19.6. The van der Waals surface area contributed by atoms with E-state index >= 15 is 0 Å². The first-order valence-corrected chi connectivity index (χ1v) is 12.1. The smallest absolute Gasteiger partial charge is 0.229 e. The Morgan fingerprint density at radius 1 is 1.03 bits per heavy atom. The van der Waals surface area contributed by atoms with Crippen LogP contribution in [0.1, 0.15) is 45.0 Å². The van der Waals surface area contributed by atoms with Crippen LogP contribution in [0, 0.1) is 18.6 Å².